The van der Waals surface area contributed by atoms with Gasteiger partial charge in [-0.15, -0.1) is 0 Å². The van der Waals surface area contributed by atoms with Gasteiger partial charge in [-0.25, -0.2) is 0 Å². The van der Waals surface area contributed by atoms with Gasteiger partial charge < -0.3 is 5.32 Å². The molecule has 1 aliphatic carbocycles. The van der Waals surface area contributed by atoms with E-state index in [2.05, 4.69) is 54.5 Å². The van der Waals surface area contributed by atoms with E-state index in [1.54, 1.807) is 0 Å². The number of fused-ring (bicyclic) bond motifs is 1. The Morgan fingerprint density at radius 3 is 2.80 bits per heavy atom. The molecule has 0 saturated heterocycles. The van der Waals surface area contributed by atoms with Crippen LogP contribution in [0, 0.1) is 11.8 Å². The van der Waals surface area contributed by atoms with Crippen molar-refractivity contribution in [2.24, 2.45) is 11.8 Å². The maximum Gasteiger partial charge on any atom is 0.0704 e. The monoisotopic (exact) mass is 268 g/mol. The number of aromatic nitrogens is 1. The lowest BCUT2D eigenvalue weighted by atomic mass is 9.90. The van der Waals surface area contributed by atoms with E-state index in [0.29, 0.717) is 6.04 Å². The van der Waals surface area contributed by atoms with Gasteiger partial charge in [0.15, 0.2) is 0 Å². The van der Waals surface area contributed by atoms with Gasteiger partial charge in [-0.1, -0.05) is 32.0 Å². The Hall–Kier alpha value is -1.41. The number of hydrogen-bond donors (Lipinski definition) is 1. The summed E-state index contributed by atoms with van der Waals surface area (Å²) in [6, 6.07) is 11.2. The van der Waals surface area contributed by atoms with Crippen LogP contribution in [0.1, 0.15) is 32.3 Å². The molecule has 2 aromatic rings. The zero-order valence-corrected chi connectivity index (χ0v) is 12.5. The highest BCUT2D eigenvalue weighted by atomic mass is 14.9. The minimum atomic E-state index is 0.582. The van der Waals surface area contributed by atoms with Gasteiger partial charge in [0.25, 0.3) is 0 Å². The zero-order chi connectivity index (χ0) is 13.9. The van der Waals surface area contributed by atoms with E-state index >= 15 is 0 Å². The molecular formula is C18H24N2. The van der Waals surface area contributed by atoms with Crippen molar-refractivity contribution < 1.29 is 0 Å². The molecule has 1 heterocycles. The van der Waals surface area contributed by atoms with Gasteiger partial charge in [-0.2, -0.15) is 0 Å². The minimum absolute atomic E-state index is 0.582. The fourth-order valence-electron chi connectivity index (χ4n) is 3.23. The summed E-state index contributed by atoms with van der Waals surface area (Å²) in [5.41, 5.74) is 2.54. The first-order valence-corrected chi connectivity index (χ1v) is 7.85. The van der Waals surface area contributed by atoms with Crippen LogP contribution in [0.25, 0.3) is 10.9 Å². The molecule has 0 spiro atoms. The lowest BCUT2D eigenvalue weighted by Gasteiger charge is -2.25. The van der Waals surface area contributed by atoms with Gasteiger partial charge in [0.1, 0.15) is 0 Å². The van der Waals surface area contributed by atoms with Crippen LogP contribution in [0.2, 0.25) is 0 Å². The van der Waals surface area contributed by atoms with E-state index in [9.17, 15) is 0 Å². The van der Waals surface area contributed by atoms with Crippen molar-refractivity contribution in [3.8, 4) is 0 Å². The molecule has 2 unspecified atom stereocenters. The molecule has 0 radical (unpaired) electrons. The summed E-state index contributed by atoms with van der Waals surface area (Å²) in [6.45, 7) is 5.66. The maximum atomic E-state index is 4.47. The second-order valence-corrected chi connectivity index (χ2v) is 6.05. The average Bonchev–Trinajstić information content (AvgIpc) is 3.31. The largest absolute Gasteiger partial charge is 0.314 e. The van der Waals surface area contributed by atoms with E-state index in [-0.39, 0.29) is 0 Å². The molecule has 0 aliphatic heterocycles. The standard InChI is InChI=1S/C18H24N2/c1-3-19-18(13(2)14-8-9-14)12-15-10-11-20-17-7-5-4-6-16(15)17/h4-7,10-11,13-14,18-19H,3,8-9,12H2,1-2H3. The summed E-state index contributed by atoms with van der Waals surface area (Å²) >= 11 is 0. The van der Waals surface area contributed by atoms with Crippen LogP contribution in [-0.2, 0) is 6.42 Å². The second-order valence-electron chi connectivity index (χ2n) is 6.05. The Kier molecular flexibility index (Phi) is 4.02. The highest BCUT2D eigenvalue weighted by Crippen LogP contribution is 2.39. The lowest BCUT2D eigenvalue weighted by molar-refractivity contribution is 0.345. The van der Waals surface area contributed by atoms with Crippen molar-refractivity contribution >= 4 is 10.9 Å². The fourth-order valence-corrected chi connectivity index (χ4v) is 3.23. The molecule has 2 atom stereocenters. The van der Waals surface area contributed by atoms with E-state index < -0.39 is 0 Å². The number of para-hydroxylation sites is 1. The van der Waals surface area contributed by atoms with Gasteiger partial charge in [0.05, 0.1) is 5.52 Å². The van der Waals surface area contributed by atoms with Crippen LogP contribution in [0.5, 0.6) is 0 Å². The topological polar surface area (TPSA) is 24.9 Å². The Labute approximate surface area is 121 Å². The summed E-state index contributed by atoms with van der Waals surface area (Å²) in [7, 11) is 0. The quantitative estimate of drug-likeness (QED) is 0.862. The van der Waals surface area contributed by atoms with Crippen LogP contribution in [0.3, 0.4) is 0 Å². The first-order chi connectivity index (χ1) is 9.79. The molecule has 0 bridgehead atoms. The van der Waals surface area contributed by atoms with Crippen molar-refractivity contribution in [3.05, 3.63) is 42.1 Å². The van der Waals surface area contributed by atoms with Gasteiger partial charge >= 0.3 is 0 Å². The van der Waals surface area contributed by atoms with Crippen molar-refractivity contribution in [2.45, 2.75) is 39.2 Å². The minimum Gasteiger partial charge on any atom is -0.314 e. The highest BCUT2D eigenvalue weighted by molar-refractivity contribution is 5.81. The van der Waals surface area contributed by atoms with Crippen LogP contribution in [0.15, 0.2) is 36.5 Å². The van der Waals surface area contributed by atoms with Crippen molar-refractivity contribution in [2.75, 3.05) is 6.54 Å². The van der Waals surface area contributed by atoms with Crippen molar-refractivity contribution in [3.63, 3.8) is 0 Å². The predicted octanol–water partition coefficient (Wildman–Crippen LogP) is 3.80. The number of pyridine rings is 1. The first-order valence-electron chi connectivity index (χ1n) is 7.85. The fraction of sp³-hybridized carbons (Fsp3) is 0.500. The van der Waals surface area contributed by atoms with Crippen LogP contribution < -0.4 is 5.32 Å². The number of benzene rings is 1. The number of rotatable bonds is 6. The average molecular weight is 268 g/mol. The molecule has 1 saturated carbocycles. The Bertz CT molecular complexity index is 569. The summed E-state index contributed by atoms with van der Waals surface area (Å²) < 4.78 is 0. The molecule has 1 N–H and O–H groups in total. The number of nitrogens with one attached hydrogen (secondary N) is 1. The molecule has 20 heavy (non-hydrogen) atoms. The van der Waals surface area contributed by atoms with Crippen LogP contribution in [-0.4, -0.2) is 17.6 Å². The smallest absolute Gasteiger partial charge is 0.0704 e. The summed E-state index contributed by atoms with van der Waals surface area (Å²) in [4.78, 5) is 4.47. The zero-order valence-electron chi connectivity index (χ0n) is 12.5. The molecule has 2 heteroatoms. The third-order valence-electron chi connectivity index (χ3n) is 4.65. The molecule has 1 aliphatic rings. The van der Waals surface area contributed by atoms with Gasteiger partial charge in [0, 0.05) is 17.6 Å². The summed E-state index contributed by atoms with van der Waals surface area (Å²) in [6.07, 6.45) is 5.89. The van der Waals surface area contributed by atoms with E-state index in [0.717, 1.165) is 30.3 Å². The van der Waals surface area contributed by atoms with E-state index in [1.165, 1.54) is 23.8 Å². The molecule has 2 nitrogen and oxygen atoms in total. The number of hydrogen-bond acceptors (Lipinski definition) is 2. The van der Waals surface area contributed by atoms with Gasteiger partial charge in [-0.05, 0) is 55.3 Å². The highest BCUT2D eigenvalue weighted by Gasteiger charge is 2.33. The van der Waals surface area contributed by atoms with E-state index in [4.69, 9.17) is 0 Å². The second kappa shape index (κ2) is 5.92. The summed E-state index contributed by atoms with van der Waals surface area (Å²) in [5.74, 6) is 1.70. The first kappa shape index (κ1) is 13.6. The van der Waals surface area contributed by atoms with Crippen LogP contribution in [0.4, 0.5) is 0 Å². The molecule has 1 aromatic heterocycles. The number of likely N-dealkylation sites (N-methyl/N-ethyl adjacent to an activating group) is 1. The van der Waals surface area contributed by atoms with E-state index in [1.807, 2.05) is 6.20 Å². The molecular weight excluding hydrogens is 244 g/mol. The summed E-state index contributed by atoms with van der Waals surface area (Å²) in [5, 5.41) is 5.00. The number of nitrogens with zero attached hydrogens (tertiary/aromatic N) is 1. The molecule has 1 fully saturated rings. The molecule has 3 rings (SSSR count). The molecule has 106 valence electrons. The molecule has 0 amide bonds. The van der Waals surface area contributed by atoms with Gasteiger partial charge in [-0.3, -0.25) is 4.98 Å². The van der Waals surface area contributed by atoms with Gasteiger partial charge in [0.2, 0.25) is 0 Å². The Balaban J connectivity index is 1.85. The van der Waals surface area contributed by atoms with Crippen molar-refractivity contribution in [1.82, 2.24) is 10.3 Å². The SMILES string of the molecule is CCNC(Cc1ccnc2ccccc12)C(C)C1CC1. The Morgan fingerprint density at radius 1 is 1.25 bits per heavy atom. The lowest BCUT2D eigenvalue weighted by Crippen LogP contribution is -2.37. The maximum absolute atomic E-state index is 4.47. The van der Waals surface area contributed by atoms with Crippen molar-refractivity contribution in [1.29, 1.82) is 0 Å². The third kappa shape index (κ3) is 2.85. The van der Waals surface area contributed by atoms with Crippen LogP contribution >= 0.6 is 0 Å². The molecule has 1 aromatic carbocycles. The predicted molar refractivity (Wildman–Crippen MR) is 84.8 cm³/mol. The Morgan fingerprint density at radius 2 is 2.05 bits per heavy atom. The normalized spacial score (nSPS) is 18.1. The third-order valence-corrected chi connectivity index (χ3v) is 4.65.